The maximum absolute atomic E-state index is 11.5. The topological polar surface area (TPSA) is 55.4 Å². The molecule has 0 radical (unpaired) electrons. The summed E-state index contributed by atoms with van der Waals surface area (Å²) < 4.78 is 5.27. The Morgan fingerprint density at radius 1 is 1.25 bits per heavy atom. The summed E-state index contributed by atoms with van der Waals surface area (Å²) in [5.74, 6) is -0.190. The third-order valence-electron chi connectivity index (χ3n) is 2.45. The van der Waals surface area contributed by atoms with E-state index in [1.807, 2.05) is 0 Å². The normalized spacial score (nSPS) is 11.2. The van der Waals surface area contributed by atoms with Gasteiger partial charge in [-0.05, 0) is 27.2 Å². The first-order valence-corrected chi connectivity index (χ1v) is 5.80. The molecule has 0 rings (SSSR count). The molecule has 0 aromatic carbocycles. The number of nitrogens with one attached hydrogen (secondary N) is 1. The molecule has 0 saturated carbocycles. The Bertz CT molecular complexity index is 236. The number of unbranched alkanes of at least 4 members (excludes halogenated alkanes) is 1. The lowest BCUT2D eigenvalue weighted by atomic mass is 10.0. The van der Waals surface area contributed by atoms with E-state index in [1.165, 1.54) is 6.92 Å². The van der Waals surface area contributed by atoms with E-state index in [1.54, 1.807) is 13.8 Å². The standard InChI is InChI=1S/C12H23NO3/c1-5-6-8-16-9-7-11(15)13-12(3,4)10(2)14/h5-9H2,1-4H3,(H,13,15). The van der Waals surface area contributed by atoms with Crippen LogP contribution in [-0.2, 0) is 14.3 Å². The Balaban J connectivity index is 3.71. The number of ether oxygens (including phenoxy) is 1. The van der Waals surface area contributed by atoms with Crippen LogP contribution in [0.4, 0.5) is 0 Å². The van der Waals surface area contributed by atoms with Gasteiger partial charge in [0.05, 0.1) is 12.1 Å². The van der Waals surface area contributed by atoms with Gasteiger partial charge < -0.3 is 10.1 Å². The van der Waals surface area contributed by atoms with Crippen molar-refractivity contribution in [3.8, 4) is 0 Å². The van der Waals surface area contributed by atoms with Gasteiger partial charge in [0.1, 0.15) is 0 Å². The van der Waals surface area contributed by atoms with E-state index in [0.717, 1.165) is 12.8 Å². The van der Waals surface area contributed by atoms with Crippen molar-refractivity contribution >= 4 is 11.7 Å². The van der Waals surface area contributed by atoms with Gasteiger partial charge >= 0.3 is 0 Å². The highest BCUT2D eigenvalue weighted by Crippen LogP contribution is 2.03. The van der Waals surface area contributed by atoms with E-state index in [9.17, 15) is 9.59 Å². The fourth-order valence-corrected chi connectivity index (χ4v) is 1.01. The van der Waals surface area contributed by atoms with E-state index in [2.05, 4.69) is 12.2 Å². The first-order chi connectivity index (χ1) is 7.40. The van der Waals surface area contributed by atoms with E-state index < -0.39 is 5.54 Å². The highest BCUT2D eigenvalue weighted by atomic mass is 16.5. The number of ketones is 1. The summed E-state index contributed by atoms with van der Waals surface area (Å²) >= 11 is 0. The molecule has 0 spiro atoms. The molecule has 0 bridgehead atoms. The second-order valence-electron chi connectivity index (χ2n) is 4.45. The fraction of sp³-hybridized carbons (Fsp3) is 0.833. The maximum atomic E-state index is 11.5. The van der Waals surface area contributed by atoms with Crippen LogP contribution in [0.3, 0.4) is 0 Å². The average Bonchev–Trinajstić information content (AvgIpc) is 2.16. The Morgan fingerprint density at radius 3 is 2.38 bits per heavy atom. The molecule has 1 N–H and O–H groups in total. The lowest BCUT2D eigenvalue weighted by Crippen LogP contribution is -2.48. The summed E-state index contributed by atoms with van der Waals surface area (Å²) in [5.41, 5.74) is -0.777. The van der Waals surface area contributed by atoms with Gasteiger partial charge in [-0.15, -0.1) is 0 Å². The van der Waals surface area contributed by atoms with Crippen LogP contribution in [0.1, 0.15) is 47.0 Å². The molecule has 0 heterocycles. The molecule has 16 heavy (non-hydrogen) atoms. The molecular formula is C12H23NO3. The van der Waals surface area contributed by atoms with Crippen molar-refractivity contribution in [2.45, 2.75) is 52.5 Å². The largest absolute Gasteiger partial charge is 0.381 e. The van der Waals surface area contributed by atoms with Crippen LogP contribution in [0.15, 0.2) is 0 Å². The molecule has 0 atom stereocenters. The van der Waals surface area contributed by atoms with Crippen molar-refractivity contribution < 1.29 is 14.3 Å². The van der Waals surface area contributed by atoms with Gasteiger partial charge in [0.15, 0.2) is 5.78 Å². The molecule has 0 aliphatic carbocycles. The lowest BCUT2D eigenvalue weighted by molar-refractivity contribution is -0.130. The summed E-state index contributed by atoms with van der Waals surface area (Å²) in [4.78, 5) is 22.6. The van der Waals surface area contributed by atoms with Crippen molar-refractivity contribution in [1.82, 2.24) is 5.32 Å². The summed E-state index contributed by atoms with van der Waals surface area (Å²) in [6.45, 7) is 8.07. The number of Topliss-reactive ketones (excluding diaryl/α,β-unsaturated/α-hetero) is 1. The lowest BCUT2D eigenvalue weighted by Gasteiger charge is -2.22. The van der Waals surface area contributed by atoms with Gasteiger partial charge in [0.2, 0.25) is 5.91 Å². The van der Waals surface area contributed by atoms with Gasteiger partial charge in [-0.2, -0.15) is 0 Å². The Kier molecular flexibility index (Phi) is 6.97. The molecule has 1 amide bonds. The second kappa shape index (κ2) is 7.39. The number of rotatable bonds is 8. The molecule has 0 fully saturated rings. The van der Waals surface area contributed by atoms with Crippen molar-refractivity contribution in [2.75, 3.05) is 13.2 Å². The summed E-state index contributed by atoms with van der Waals surface area (Å²) in [6.07, 6.45) is 2.41. The van der Waals surface area contributed by atoms with E-state index in [0.29, 0.717) is 19.6 Å². The minimum absolute atomic E-state index is 0.0484. The number of carbonyl (C=O) groups is 2. The van der Waals surface area contributed by atoms with Crippen LogP contribution in [0.5, 0.6) is 0 Å². The molecule has 94 valence electrons. The van der Waals surface area contributed by atoms with Crippen molar-refractivity contribution in [3.05, 3.63) is 0 Å². The fourth-order valence-electron chi connectivity index (χ4n) is 1.01. The van der Waals surface area contributed by atoms with Crippen LogP contribution in [0.25, 0.3) is 0 Å². The molecule has 4 heteroatoms. The van der Waals surface area contributed by atoms with Gasteiger partial charge in [-0.25, -0.2) is 0 Å². The van der Waals surface area contributed by atoms with Gasteiger partial charge in [-0.1, -0.05) is 13.3 Å². The van der Waals surface area contributed by atoms with Crippen LogP contribution in [-0.4, -0.2) is 30.4 Å². The van der Waals surface area contributed by atoms with Crippen LogP contribution >= 0.6 is 0 Å². The van der Waals surface area contributed by atoms with Gasteiger partial charge in [0.25, 0.3) is 0 Å². The smallest absolute Gasteiger partial charge is 0.223 e. The van der Waals surface area contributed by atoms with Crippen molar-refractivity contribution in [3.63, 3.8) is 0 Å². The zero-order valence-corrected chi connectivity index (χ0v) is 10.8. The molecule has 0 aliphatic heterocycles. The zero-order chi connectivity index (χ0) is 12.6. The summed E-state index contributed by atoms with van der Waals surface area (Å²) in [5, 5.41) is 2.68. The molecule has 0 aromatic rings. The highest BCUT2D eigenvalue weighted by Gasteiger charge is 2.24. The Labute approximate surface area is 97.7 Å². The SMILES string of the molecule is CCCCOCCC(=O)NC(C)(C)C(C)=O. The van der Waals surface area contributed by atoms with Crippen molar-refractivity contribution in [2.24, 2.45) is 0 Å². The first kappa shape index (κ1) is 15.1. The number of amides is 1. The van der Waals surface area contributed by atoms with Crippen molar-refractivity contribution in [1.29, 1.82) is 0 Å². The molecule has 4 nitrogen and oxygen atoms in total. The highest BCUT2D eigenvalue weighted by molar-refractivity contribution is 5.90. The number of carbonyl (C=O) groups excluding carboxylic acids is 2. The van der Waals surface area contributed by atoms with Crippen LogP contribution < -0.4 is 5.32 Å². The summed E-state index contributed by atoms with van der Waals surface area (Å²) in [7, 11) is 0. The molecule has 0 aromatic heterocycles. The molecule has 0 aliphatic rings. The molecule has 0 unspecified atom stereocenters. The predicted octanol–water partition coefficient (Wildman–Crippen LogP) is 1.68. The van der Waals surface area contributed by atoms with Gasteiger partial charge in [0, 0.05) is 13.0 Å². The Hall–Kier alpha value is -0.900. The zero-order valence-electron chi connectivity index (χ0n) is 10.8. The monoisotopic (exact) mass is 229 g/mol. The average molecular weight is 229 g/mol. The second-order valence-corrected chi connectivity index (χ2v) is 4.45. The third kappa shape index (κ3) is 6.56. The van der Waals surface area contributed by atoms with E-state index >= 15 is 0 Å². The maximum Gasteiger partial charge on any atom is 0.223 e. The van der Waals surface area contributed by atoms with E-state index in [-0.39, 0.29) is 11.7 Å². The minimum Gasteiger partial charge on any atom is -0.381 e. The molecular weight excluding hydrogens is 206 g/mol. The first-order valence-electron chi connectivity index (χ1n) is 5.80. The molecule has 0 saturated heterocycles. The third-order valence-corrected chi connectivity index (χ3v) is 2.45. The van der Waals surface area contributed by atoms with Crippen LogP contribution in [0, 0.1) is 0 Å². The quantitative estimate of drug-likeness (QED) is 0.644. The minimum atomic E-state index is -0.777. The van der Waals surface area contributed by atoms with Gasteiger partial charge in [-0.3, -0.25) is 9.59 Å². The van der Waals surface area contributed by atoms with Crippen LogP contribution in [0.2, 0.25) is 0 Å². The Morgan fingerprint density at radius 2 is 1.88 bits per heavy atom. The number of hydrogen-bond acceptors (Lipinski definition) is 3. The van der Waals surface area contributed by atoms with E-state index in [4.69, 9.17) is 4.74 Å². The number of hydrogen-bond donors (Lipinski definition) is 1. The summed E-state index contributed by atoms with van der Waals surface area (Å²) in [6, 6.07) is 0. The predicted molar refractivity (Wildman–Crippen MR) is 63.2 cm³/mol.